The van der Waals surface area contributed by atoms with E-state index in [1.807, 2.05) is 68.0 Å². The quantitative estimate of drug-likeness (QED) is 0.785. The molecule has 0 aliphatic carbocycles. The Morgan fingerprint density at radius 1 is 1.05 bits per heavy atom. The molecule has 4 nitrogen and oxygen atoms in total. The maximum Gasteiger partial charge on any atom is 0.207 e. The van der Waals surface area contributed by atoms with E-state index in [2.05, 4.69) is 19.9 Å². The molecule has 0 saturated heterocycles. The van der Waals surface area contributed by atoms with Gasteiger partial charge in [-0.05, 0) is 36.8 Å². The lowest BCUT2D eigenvalue weighted by molar-refractivity contribution is 0.805. The Bertz CT molecular complexity index is 615. The molecule has 1 N–H and O–H groups in total. The van der Waals surface area contributed by atoms with Gasteiger partial charge < -0.3 is 9.88 Å². The summed E-state index contributed by atoms with van der Waals surface area (Å²) in [5.41, 5.74) is 3.24. The highest BCUT2D eigenvalue weighted by molar-refractivity contribution is 5.53. The van der Waals surface area contributed by atoms with E-state index < -0.39 is 0 Å². The Kier molecular flexibility index (Phi) is 3.46. The minimum Gasteiger partial charge on any atom is -0.326 e. The molecule has 1 aromatic carbocycles. The molecular weight excluding hydrogens is 248 g/mol. The van der Waals surface area contributed by atoms with Gasteiger partial charge in [-0.1, -0.05) is 18.2 Å². The van der Waals surface area contributed by atoms with Crippen LogP contribution in [0.15, 0.2) is 61.1 Å². The molecule has 0 radical (unpaired) electrons. The summed E-state index contributed by atoms with van der Waals surface area (Å²) < 4.78 is 2.11. The third kappa shape index (κ3) is 2.85. The molecule has 4 heteroatoms. The maximum absolute atomic E-state index is 4.54. The largest absolute Gasteiger partial charge is 0.326 e. The highest BCUT2D eigenvalue weighted by atomic mass is 15.2. The summed E-state index contributed by atoms with van der Waals surface area (Å²) in [5.74, 6) is 0.852. The fourth-order valence-corrected chi connectivity index (χ4v) is 2.10. The molecule has 0 aliphatic rings. The number of benzene rings is 1. The lowest BCUT2D eigenvalue weighted by atomic mass is 10.3. The number of nitrogens with zero attached hydrogens (tertiary/aromatic N) is 3. The molecule has 0 saturated carbocycles. The van der Waals surface area contributed by atoms with E-state index in [-0.39, 0.29) is 0 Å². The summed E-state index contributed by atoms with van der Waals surface area (Å²) in [4.78, 5) is 8.58. The van der Waals surface area contributed by atoms with Crippen LogP contribution in [0.4, 0.5) is 11.6 Å². The van der Waals surface area contributed by atoms with Crippen LogP contribution in [-0.4, -0.2) is 14.5 Å². The second kappa shape index (κ2) is 5.57. The van der Waals surface area contributed by atoms with E-state index in [1.54, 1.807) is 0 Å². The molecule has 0 atom stereocenters. The van der Waals surface area contributed by atoms with Gasteiger partial charge in [-0.25, -0.2) is 4.98 Å². The Hall–Kier alpha value is -2.62. The van der Waals surface area contributed by atoms with Crippen molar-refractivity contribution in [3.63, 3.8) is 0 Å². The first kappa shape index (κ1) is 12.4. The van der Waals surface area contributed by atoms with Crippen molar-refractivity contribution in [1.82, 2.24) is 14.5 Å². The standard InChI is InChI=1S/C16H16N4/c1-13-11-20(12-14-7-9-17-10-8-14)16(18-13)19-15-5-3-2-4-6-15/h2-11H,12H2,1H3,(H,18,19). The molecule has 3 rings (SSSR count). The second-order valence-corrected chi connectivity index (χ2v) is 4.68. The van der Waals surface area contributed by atoms with E-state index in [0.717, 1.165) is 23.9 Å². The average Bonchev–Trinajstić information content (AvgIpc) is 2.81. The summed E-state index contributed by atoms with van der Waals surface area (Å²) in [7, 11) is 0. The van der Waals surface area contributed by atoms with E-state index in [9.17, 15) is 0 Å². The van der Waals surface area contributed by atoms with Gasteiger partial charge in [0.15, 0.2) is 0 Å². The summed E-state index contributed by atoms with van der Waals surface area (Å²) in [5, 5.41) is 3.35. The third-order valence-electron chi connectivity index (χ3n) is 3.03. The van der Waals surface area contributed by atoms with Crippen LogP contribution in [0.1, 0.15) is 11.3 Å². The molecule has 0 spiro atoms. The summed E-state index contributed by atoms with van der Waals surface area (Å²) in [6, 6.07) is 14.1. The molecule has 20 heavy (non-hydrogen) atoms. The maximum atomic E-state index is 4.54. The van der Waals surface area contributed by atoms with E-state index in [0.29, 0.717) is 0 Å². The number of hydrogen-bond acceptors (Lipinski definition) is 3. The van der Waals surface area contributed by atoms with Crippen molar-refractivity contribution in [3.05, 3.63) is 72.3 Å². The topological polar surface area (TPSA) is 42.7 Å². The molecule has 100 valence electrons. The number of anilines is 2. The first-order chi connectivity index (χ1) is 9.81. The Morgan fingerprint density at radius 2 is 1.80 bits per heavy atom. The summed E-state index contributed by atoms with van der Waals surface area (Å²) in [6.07, 6.45) is 5.67. The normalized spacial score (nSPS) is 10.4. The van der Waals surface area contributed by atoms with Crippen LogP contribution in [0, 0.1) is 6.92 Å². The predicted molar refractivity (Wildman–Crippen MR) is 80.0 cm³/mol. The van der Waals surface area contributed by atoms with Crippen LogP contribution in [0.5, 0.6) is 0 Å². The van der Waals surface area contributed by atoms with Crippen molar-refractivity contribution in [2.45, 2.75) is 13.5 Å². The number of rotatable bonds is 4. The SMILES string of the molecule is Cc1cn(Cc2ccncc2)c(Nc2ccccc2)n1. The van der Waals surface area contributed by atoms with Gasteiger partial charge in [0.05, 0.1) is 12.2 Å². The minimum atomic E-state index is 0.776. The molecule has 0 unspecified atom stereocenters. The number of imidazole rings is 1. The lowest BCUT2D eigenvalue weighted by Gasteiger charge is -2.09. The number of hydrogen-bond donors (Lipinski definition) is 1. The molecule has 2 aromatic heterocycles. The van der Waals surface area contributed by atoms with Crippen LogP contribution in [0.2, 0.25) is 0 Å². The van der Waals surface area contributed by atoms with Crippen molar-refractivity contribution in [2.75, 3.05) is 5.32 Å². The Balaban J connectivity index is 1.85. The minimum absolute atomic E-state index is 0.776. The highest BCUT2D eigenvalue weighted by Crippen LogP contribution is 2.17. The van der Waals surface area contributed by atoms with Crippen LogP contribution in [0.3, 0.4) is 0 Å². The van der Waals surface area contributed by atoms with Gasteiger partial charge >= 0.3 is 0 Å². The van der Waals surface area contributed by atoms with Crippen LogP contribution in [-0.2, 0) is 6.54 Å². The fourth-order valence-electron chi connectivity index (χ4n) is 2.10. The zero-order valence-corrected chi connectivity index (χ0v) is 11.3. The number of aromatic nitrogens is 3. The van der Waals surface area contributed by atoms with Gasteiger partial charge in [0.2, 0.25) is 5.95 Å². The zero-order valence-electron chi connectivity index (χ0n) is 11.3. The van der Waals surface area contributed by atoms with E-state index >= 15 is 0 Å². The van der Waals surface area contributed by atoms with Gasteiger partial charge in [0.1, 0.15) is 0 Å². The van der Waals surface area contributed by atoms with Crippen LogP contribution in [0.25, 0.3) is 0 Å². The smallest absolute Gasteiger partial charge is 0.207 e. The van der Waals surface area contributed by atoms with Crippen molar-refractivity contribution in [1.29, 1.82) is 0 Å². The monoisotopic (exact) mass is 264 g/mol. The van der Waals surface area contributed by atoms with Gasteiger partial charge in [-0.3, -0.25) is 4.98 Å². The molecular formula is C16H16N4. The Morgan fingerprint density at radius 3 is 2.55 bits per heavy atom. The summed E-state index contributed by atoms with van der Waals surface area (Å²) in [6.45, 7) is 2.78. The average molecular weight is 264 g/mol. The fraction of sp³-hybridized carbons (Fsp3) is 0.125. The summed E-state index contributed by atoms with van der Waals surface area (Å²) >= 11 is 0. The molecule has 0 bridgehead atoms. The number of aryl methyl sites for hydroxylation is 1. The zero-order chi connectivity index (χ0) is 13.8. The number of nitrogens with one attached hydrogen (secondary N) is 1. The van der Waals surface area contributed by atoms with Gasteiger partial charge in [0, 0.05) is 24.3 Å². The Labute approximate surface area is 118 Å². The van der Waals surface area contributed by atoms with E-state index in [4.69, 9.17) is 0 Å². The van der Waals surface area contributed by atoms with Gasteiger partial charge in [-0.2, -0.15) is 0 Å². The molecule has 0 fully saturated rings. The number of pyridine rings is 1. The van der Waals surface area contributed by atoms with Crippen molar-refractivity contribution < 1.29 is 0 Å². The molecule has 0 aliphatic heterocycles. The molecule has 0 amide bonds. The first-order valence-electron chi connectivity index (χ1n) is 6.56. The predicted octanol–water partition coefficient (Wildman–Crippen LogP) is 3.38. The third-order valence-corrected chi connectivity index (χ3v) is 3.03. The van der Waals surface area contributed by atoms with Gasteiger partial charge in [0.25, 0.3) is 0 Å². The van der Waals surface area contributed by atoms with Gasteiger partial charge in [-0.15, -0.1) is 0 Å². The number of para-hydroxylation sites is 1. The van der Waals surface area contributed by atoms with E-state index in [1.165, 1.54) is 5.56 Å². The van der Waals surface area contributed by atoms with Crippen molar-refractivity contribution in [3.8, 4) is 0 Å². The van der Waals surface area contributed by atoms with Crippen LogP contribution < -0.4 is 5.32 Å². The lowest BCUT2D eigenvalue weighted by Crippen LogP contribution is -2.04. The highest BCUT2D eigenvalue weighted by Gasteiger charge is 2.06. The van der Waals surface area contributed by atoms with Crippen LogP contribution >= 0.6 is 0 Å². The second-order valence-electron chi connectivity index (χ2n) is 4.68. The van der Waals surface area contributed by atoms with Crippen molar-refractivity contribution >= 4 is 11.6 Å². The molecule has 2 heterocycles. The van der Waals surface area contributed by atoms with Crippen molar-refractivity contribution in [2.24, 2.45) is 0 Å². The first-order valence-corrected chi connectivity index (χ1v) is 6.56. The molecule has 3 aromatic rings.